The van der Waals surface area contributed by atoms with Gasteiger partial charge >= 0.3 is 0 Å². The third-order valence-corrected chi connectivity index (χ3v) is 1.46. The van der Waals surface area contributed by atoms with Crippen molar-refractivity contribution in [2.45, 2.75) is 13.2 Å². The standard InChI is InChI=1S/C6H6N2O7/c9-7(10)14-3-5-1-2-13-6(5)4-15-8(11)12/h1-2H,3-4H2. The summed E-state index contributed by atoms with van der Waals surface area (Å²) in [6.45, 7) is -0.740. The van der Waals surface area contributed by atoms with Gasteiger partial charge in [-0.3, -0.25) is 0 Å². The van der Waals surface area contributed by atoms with E-state index in [9.17, 15) is 20.2 Å². The zero-order valence-corrected chi connectivity index (χ0v) is 7.32. The number of furan rings is 1. The van der Waals surface area contributed by atoms with Gasteiger partial charge in [0, 0.05) is 5.56 Å². The largest absolute Gasteiger partial charge is 0.467 e. The first kappa shape index (κ1) is 10.8. The zero-order chi connectivity index (χ0) is 11.3. The second-order valence-corrected chi connectivity index (χ2v) is 2.36. The van der Waals surface area contributed by atoms with Crippen LogP contribution in [0.2, 0.25) is 0 Å². The Morgan fingerprint density at radius 3 is 2.40 bits per heavy atom. The molecule has 0 unspecified atom stereocenters. The molecule has 0 amide bonds. The van der Waals surface area contributed by atoms with E-state index in [1.54, 1.807) is 0 Å². The van der Waals surface area contributed by atoms with Crippen LogP contribution < -0.4 is 0 Å². The lowest BCUT2D eigenvalue weighted by molar-refractivity contribution is -0.764. The maximum Gasteiger partial charge on any atom is 0.294 e. The van der Waals surface area contributed by atoms with Gasteiger partial charge in [0.15, 0.2) is 6.61 Å². The van der Waals surface area contributed by atoms with Crippen molar-refractivity contribution in [2.75, 3.05) is 0 Å². The topological polar surface area (TPSA) is 118 Å². The molecule has 0 radical (unpaired) electrons. The Morgan fingerprint density at radius 1 is 1.20 bits per heavy atom. The highest BCUT2D eigenvalue weighted by Crippen LogP contribution is 2.13. The van der Waals surface area contributed by atoms with Crippen LogP contribution in [0.3, 0.4) is 0 Å². The monoisotopic (exact) mass is 218 g/mol. The molecule has 0 aliphatic carbocycles. The third-order valence-electron chi connectivity index (χ3n) is 1.46. The van der Waals surface area contributed by atoms with E-state index < -0.39 is 16.8 Å². The lowest BCUT2D eigenvalue weighted by Crippen LogP contribution is -2.04. The van der Waals surface area contributed by atoms with Crippen molar-refractivity contribution >= 4 is 0 Å². The van der Waals surface area contributed by atoms with E-state index in [1.165, 1.54) is 12.3 Å². The summed E-state index contributed by atoms with van der Waals surface area (Å²) in [5.41, 5.74) is 0.327. The van der Waals surface area contributed by atoms with Crippen LogP contribution >= 0.6 is 0 Å². The predicted octanol–water partition coefficient (Wildman–Crippen LogP) is 0.696. The summed E-state index contributed by atoms with van der Waals surface area (Å²) in [5.74, 6) is 0.119. The van der Waals surface area contributed by atoms with E-state index in [0.29, 0.717) is 5.56 Å². The minimum absolute atomic E-state index is 0.119. The van der Waals surface area contributed by atoms with Crippen molar-refractivity contribution in [3.8, 4) is 0 Å². The average Bonchev–Trinajstić information content (AvgIpc) is 2.58. The summed E-state index contributed by atoms with van der Waals surface area (Å²) in [6, 6.07) is 1.40. The first-order valence-electron chi connectivity index (χ1n) is 3.69. The molecule has 0 saturated heterocycles. The molecule has 0 saturated carbocycles. The van der Waals surface area contributed by atoms with Gasteiger partial charge in [-0.25, -0.2) is 0 Å². The zero-order valence-electron chi connectivity index (χ0n) is 7.32. The fraction of sp³-hybridized carbons (Fsp3) is 0.333. The molecule has 15 heavy (non-hydrogen) atoms. The summed E-state index contributed by atoms with van der Waals surface area (Å²) in [6.07, 6.45) is 1.23. The molecule has 0 aliphatic heterocycles. The van der Waals surface area contributed by atoms with Crippen molar-refractivity contribution in [1.82, 2.24) is 0 Å². The third kappa shape index (κ3) is 3.50. The molecule has 82 valence electrons. The number of hydrogen-bond donors (Lipinski definition) is 0. The normalized spacial score (nSPS) is 9.60. The van der Waals surface area contributed by atoms with Crippen molar-refractivity contribution in [2.24, 2.45) is 0 Å². The number of rotatable bonds is 6. The smallest absolute Gasteiger partial charge is 0.294 e. The summed E-state index contributed by atoms with van der Waals surface area (Å²) in [5, 5.41) is 17.8. The SMILES string of the molecule is O=[N+]([O-])OCc1ccoc1CO[N+](=O)[O-]. The molecule has 1 aromatic rings. The van der Waals surface area contributed by atoms with E-state index in [2.05, 4.69) is 9.68 Å². The van der Waals surface area contributed by atoms with E-state index >= 15 is 0 Å². The molecule has 0 fully saturated rings. The second-order valence-electron chi connectivity index (χ2n) is 2.36. The Morgan fingerprint density at radius 2 is 1.80 bits per heavy atom. The van der Waals surface area contributed by atoms with Crippen LogP contribution in [0.15, 0.2) is 16.7 Å². The number of nitrogens with zero attached hydrogens (tertiary/aromatic N) is 2. The average molecular weight is 218 g/mol. The van der Waals surface area contributed by atoms with Gasteiger partial charge in [-0.15, -0.1) is 20.2 Å². The lowest BCUT2D eigenvalue weighted by atomic mass is 10.3. The van der Waals surface area contributed by atoms with Crippen LogP contribution in [0.1, 0.15) is 11.3 Å². The van der Waals surface area contributed by atoms with E-state index in [1.807, 2.05) is 0 Å². The van der Waals surface area contributed by atoms with Gasteiger partial charge in [-0.1, -0.05) is 0 Å². The van der Waals surface area contributed by atoms with Crippen LogP contribution in [0.4, 0.5) is 0 Å². The van der Waals surface area contributed by atoms with Gasteiger partial charge in [0.25, 0.3) is 10.2 Å². The Balaban J connectivity index is 2.53. The highest BCUT2D eigenvalue weighted by Gasteiger charge is 2.09. The molecule has 1 rings (SSSR count). The summed E-state index contributed by atoms with van der Waals surface area (Å²) in [4.78, 5) is 27.9. The lowest BCUT2D eigenvalue weighted by Gasteiger charge is -1.99. The van der Waals surface area contributed by atoms with Crippen molar-refractivity contribution in [3.63, 3.8) is 0 Å². The summed E-state index contributed by atoms with van der Waals surface area (Å²) >= 11 is 0. The molecule has 1 heterocycles. The Labute approximate surface area is 82.4 Å². The molecule has 0 atom stereocenters. The fourth-order valence-electron chi connectivity index (χ4n) is 0.856. The van der Waals surface area contributed by atoms with Crippen molar-refractivity contribution in [3.05, 3.63) is 43.9 Å². The molecule has 1 aromatic heterocycles. The molecule has 9 heteroatoms. The minimum atomic E-state index is -0.985. The van der Waals surface area contributed by atoms with Crippen LogP contribution in [-0.2, 0) is 22.9 Å². The molecule has 0 aliphatic rings. The maximum absolute atomic E-state index is 9.89. The molecule has 0 bridgehead atoms. The molecular formula is C6H6N2O7. The van der Waals surface area contributed by atoms with Crippen LogP contribution in [-0.4, -0.2) is 10.2 Å². The second kappa shape index (κ2) is 4.79. The first-order valence-corrected chi connectivity index (χ1v) is 3.69. The molecule has 0 aromatic carbocycles. The summed E-state index contributed by atoms with van der Waals surface area (Å²) < 4.78 is 4.82. The van der Waals surface area contributed by atoms with Crippen molar-refractivity contribution < 1.29 is 24.3 Å². The van der Waals surface area contributed by atoms with Gasteiger partial charge < -0.3 is 14.1 Å². The van der Waals surface area contributed by atoms with Crippen LogP contribution in [0.25, 0.3) is 0 Å². The Kier molecular flexibility index (Phi) is 3.43. The maximum atomic E-state index is 9.89. The predicted molar refractivity (Wildman–Crippen MR) is 42.3 cm³/mol. The minimum Gasteiger partial charge on any atom is -0.467 e. The van der Waals surface area contributed by atoms with E-state index in [-0.39, 0.29) is 12.4 Å². The summed E-state index contributed by atoms with van der Waals surface area (Å²) in [7, 11) is 0. The van der Waals surface area contributed by atoms with Crippen LogP contribution in [0, 0.1) is 20.2 Å². The van der Waals surface area contributed by atoms with E-state index in [4.69, 9.17) is 4.42 Å². The Bertz CT molecular complexity index is 328. The first-order chi connectivity index (χ1) is 7.09. The molecule has 9 nitrogen and oxygen atoms in total. The molecule has 0 N–H and O–H groups in total. The molecule has 0 spiro atoms. The van der Waals surface area contributed by atoms with E-state index in [0.717, 1.165) is 0 Å². The van der Waals surface area contributed by atoms with Gasteiger partial charge in [0.05, 0.1) is 6.26 Å². The van der Waals surface area contributed by atoms with Gasteiger partial charge in [0.2, 0.25) is 0 Å². The van der Waals surface area contributed by atoms with Crippen molar-refractivity contribution in [1.29, 1.82) is 0 Å². The van der Waals surface area contributed by atoms with Gasteiger partial charge in [-0.2, -0.15) is 0 Å². The van der Waals surface area contributed by atoms with Gasteiger partial charge in [-0.05, 0) is 6.07 Å². The highest BCUT2D eigenvalue weighted by atomic mass is 17.0. The highest BCUT2D eigenvalue weighted by molar-refractivity contribution is 5.14. The van der Waals surface area contributed by atoms with Gasteiger partial charge in [0.1, 0.15) is 12.4 Å². The molecular weight excluding hydrogens is 212 g/mol. The fourth-order valence-corrected chi connectivity index (χ4v) is 0.856. The quantitative estimate of drug-likeness (QED) is 0.509. The number of hydrogen-bond acceptors (Lipinski definition) is 7. The Hall–Kier alpha value is -2.32. The van der Waals surface area contributed by atoms with Crippen LogP contribution in [0.5, 0.6) is 0 Å².